The zero-order valence-electron chi connectivity index (χ0n) is 21.4. The molecular formula is C35H20BN3O. The lowest BCUT2D eigenvalue weighted by molar-refractivity contribution is 0.669. The number of hydrogen-bond acceptors (Lipinski definition) is 3. The lowest BCUT2D eigenvalue weighted by atomic mass is 9.61. The van der Waals surface area contributed by atoms with Crippen LogP contribution in [-0.2, 0) is 0 Å². The summed E-state index contributed by atoms with van der Waals surface area (Å²) in [6.07, 6.45) is 0. The number of nitrogens with zero attached hydrogens (tertiary/aromatic N) is 3. The number of fused-ring (bicyclic) bond motifs is 14. The fraction of sp³-hybridized carbons (Fsp3) is 0. The van der Waals surface area contributed by atoms with Gasteiger partial charge in [-0.3, -0.25) is 0 Å². The number of rotatable bonds is 1. The fourth-order valence-electron chi connectivity index (χ4n) is 7.10. The molecule has 0 aliphatic carbocycles. The van der Waals surface area contributed by atoms with E-state index in [1.807, 2.05) is 12.1 Å². The van der Waals surface area contributed by atoms with Gasteiger partial charge in [-0.1, -0.05) is 72.8 Å². The largest absolute Gasteiger partial charge is 0.456 e. The van der Waals surface area contributed by atoms with Gasteiger partial charge in [0.05, 0.1) is 28.3 Å². The standard InChI is InChI=1S/C35H20BN3O/c1-4-12-27-25(10-1)34-30(38-31-14-7-11-24-22-8-2-5-13-29(22)39(35(24)31)36(27)38)18-17-28(37-34)21-16-19-33-26(20-21)23-9-3-6-15-32(23)40-33/h1-20H. The number of aromatic nitrogens is 2. The van der Waals surface area contributed by atoms with Crippen molar-refractivity contribution in [2.24, 2.45) is 0 Å². The molecule has 0 N–H and O–H groups in total. The van der Waals surface area contributed by atoms with Crippen LogP contribution in [0.25, 0.3) is 66.3 Å². The first kappa shape index (κ1) is 20.6. The highest BCUT2D eigenvalue weighted by Crippen LogP contribution is 2.48. The normalized spacial score (nSPS) is 13.4. The molecule has 8 aromatic rings. The Morgan fingerprint density at radius 2 is 1.40 bits per heavy atom. The Hall–Kier alpha value is -5.29. The van der Waals surface area contributed by atoms with Crippen LogP contribution in [0.15, 0.2) is 126 Å². The molecule has 0 bridgehead atoms. The summed E-state index contributed by atoms with van der Waals surface area (Å²) < 4.78 is 8.60. The van der Waals surface area contributed by atoms with E-state index in [0.29, 0.717) is 0 Å². The zero-order valence-corrected chi connectivity index (χ0v) is 21.4. The molecule has 2 aliphatic heterocycles. The van der Waals surface area contributed by atoms with E-state index < -0.39 is 0 Å². The van der Waals surface area contributed by atoms with Crippen LogP contribution in [0.3, 0.4) is 0 Å². The predicted molar refractivity (Wildman–Crippen MR) is 165 cm³/mol. The second-order valence-corrected chi connectivity index (χ2v) is 10.8. The van der Waals surface area contributed by atoms with Gasteiger partial charge in [0.25, 0.3) is 0 Å². The lowest BCUT2D eigenvalue weighted by Gasteiger charge is -2.34. The molecule has 0 spiro atoms. The summed E-state index contributed by atoms with van der Waals surface area (Å²) in [5.41, 5.74) is 12.3. The summed E-state index contributed by atoms with van der Waals surface area (Å²) in [5.74, 6) is 0. The van der Waals surface area contributed by atoms with Crippen LogP contribution in [0.1, 0.15) is 0 Å². The molecule has 5 heterocycles. The highest BCUT2D eigenvalue weighted by Gasteiger charge is 2.45. The van der Waals surface area contributed by atoms with Gasteiger partial charge < -0.3 is 13.7 Å². The Bertz CT molecular complexity index is 2370. The molecule has 0 amide bonds. The zero-order chi connectivity index (χ0) is 25.9. The Balaban J connectivity index is 1.23. The van der Waals surface area contributed by atoms with Crippen LogP contribution >= 0.6 is 0 Å². The van der Waals surface area contributed by atoms with Gasteiger partial charge in [-0.05, 0) is 54.0 Å². The van der Waals surface area contributed by atoms with Crippen LogP contribution in [0.2, 0.25) is 0 Å². The predicted octanol–water partition coefficient (Wildman–Crippen LogP) is 8.13. The minimum atomic E-state index is 0.0461. The van der Waals surface area contributed by atoms with Gasteiger partial charge in [0.15, 0.2) is 0 Å². The van der Waals surface area contributed by atoms with Crippen LogP contribution in [0.4, 0.5) is 11.4 Å². The van der Waals surface area contributed by atoms with Crippen molar-refractivity contribution in [1.82, 2.24) is 9.46 Å². The summed E-state index contributed by atoms with van der Waals surface area (Å²) in [5, 5.41) is 4.85. The Kier molecular flexibility index (Phi) is 3.73. The fourth-order valence-corrected chi connectivity index (χ4v) is 7.10. The van der Waals surface area contributed by atoms with Crippen molar-refractivity contribution < 1.29 is 4.42 Å². The minimum Gasteiger partial charge on any atom is -0.456 e. The van der Waals surface area contributed by atoms with Crippen LogP contribution < -0.4 is 10.3 Å². The Morgan fingerprint density at radius 1 is 0.600 bits per heavy atom. The molecular weight excluding hydrogens is 489 g/mol. The minimum absolute atomic E-state index is 0.0461. The molecule has 0 saturated carbocycles. The summed E-state index contributed by atoms with van der Waals surface area (Å²) in [6.45, 7) is 0.0461. The molecule has 5 aromatic carbocycles. The number of hydrogen-bond donors (Lipinski definition) is 0. The third kappa shape index (κ3) is 2.46. The van der Waals surface area contributed by atoms with Gasteiger partial charge in [-0.2, -0.15) is 0 Å². The number of benzene rings is 5. The Morgan fingerprint density at radius 3 is 2.38 bits per heavy atom. The third-order valence-corrected chi connectivity index (χ3v) is 8.76. The molecule has 5 heteroatoms. The van der Waals surface area contributed by atoms with E-state index in [1.54, 1.807) is 0 Å². The van der Waals surface area contributed by atoms with Crippen LogP contribution in [0, 0.1) is 0 Å². The van der Waals surface area contributed by atoms with Crippen LogP contribution in [-0.4, -0.2) is 16.4 Å². The van der Waals surface area contributed by atoms with E-state index >= 15 is 0 Å². The molecule has 0 saturated heterocycles. The maximum Gasteiger partial charge on any atom is 0.421 e. The third-order valence-electron chi connectivity index (χ3n) is 8.76. The first-order valence-electron chi connectivity index (χ1n) is 13.7. The molecule has 0 unspecified atom stereocenters. The average Bonchev–Trinajstić information content (AvgIpc) is 3.68. The number of para-hydroxylation sites is 3. The number of pyridine rings is 1. The summed E-state index contributed by atoms with van der Waals surface area (Å²) in [7, 11) is 0. The van der Waals surface area contributed by atoms with E-state index in [1.165, 1.54) is 38.5 Å². The van der Waals surface area contributed by atoms with Crippen molar-refractivity contribution in [3.8, 4) is 22.5 Å². The van der Waals surface area contributed by atoms with Gasteiger partial charge in [0.2, 0.25) is 0 Å². The average molecular weight is 509 g/mol. The summed E-state index contributed by atoms with van der Waals surface area (Å²) in [4.78, 5) is 7.83. The SMILES string of the molecule is c1ccc2c(c1)B1N(c3ccc(-c4ccc5oc6ccccc6c5c4)nc3-2)c2cccc3c4ccccc4n1c23. The second-order valence-electron chi connectivity index (χ2n) is 10.8. The van der Waals surface area contributed by atoms with Crippen LogP contribution in [0.5, 0.6) is 0 Å². The van der Waals surface area contributed by atoms with Crippen molar-refractivity contribution in [1.29, 1.82) is 0 Å². The molecule has 2 aliphatic rings. The number of anilines is 2. The summed E-state index contributed by atoms with van der Waals surface area (Å²) >= 11 is 0. The van der Waals surface area contributed by atoms with E-state index in [-0.39, 0.29) is 6.98 Å². The van der Waals surface area contributed by atoms with E-state index in [2.05, 4.69) is 118 Å². The quantitative estimate of drug-likeness (QED) is 0.210. The Labute approximate surface area is 229 Å². The molecule has 0 fully saturated rings. The highest BCUT2D eigenvalue weighted by molar-refractivity contribution is 6.82. The van der Waals surface area contributed by atoms with Crippen molar-refractivity contribution in [3.63, 3.8) is 0 Å². The van der Waals surface area contributed by atoms with E-state index in [9.17, 15) is 0 Å². The molecule has 40 heavy (non-hydrogen) atoms. The second kappa shape index (κ2) is 7.22. The van der Waals surface area contributed by atoms with Crippen molar-refractivity contribution in [2.75, 3.05) is 4.81 Å². The van der Waals surface area contributed by atoms with Gasteiger partial charge >= 0.3 is 6.98 Å². The first-order valence-corrected chi connectivity index (χ1v) is 13.7. The topological polar surface area (TPSA) is 34.2 Å². The number of furan rings is 1. The molecule has 4 nitrogen and oxygen atoms in total. The van der Waals surface area contributed by atoms with Crippen molar-refractivity contribution >= 4 is 67.6 Å². The van der Waals surface area contributed by atoms with E-state index in [0.717, 1.165) is 44.6 Å². The van der Waals surface area contributed by atoms with Gasteiger partial charge in [0.1, 0.15) is 11.2 Å². The highest BCUT2D eigenvalue weighted by atomic mass is 16.3. The molecule has 3 aromatic heterocycles. The molecule has 0 atom stereocenters. The lowest BCUT2D eigenvalue weighted by Crippen LogP contribution is -2.51. The molecule has 10 rings (SSSR count). The first-order chi connectivity index (χ1) is 19.8. The maximum atomic E-state index is 6.08. The summed E-state index contributed by atoms with van der Waals surface area (Å²) in [6, 6.07) is 43.2. The van der Waals surface area contributed by atoms with Gasteiger partial charge in [-0.15, -0.1) is 0 Å². The molecule has 184 valence electrons. The smallest absolute Gasteiger partial charge is 0.421 e. The monoisotopic (exact) mass is 509 g/mol. The molecule has 0 radical (unpaired) electrons. The van der Waals surface area contributed by atoms with Crippen molar-refractivity contribution in [3.05, 3.63) is 121 Å². The van der Waals surface area contributed by atoms with Crippen molar-refractivity contribution in [2.45, 2.75) is 0 Å². The maximum absolute atomic E-state index is 6.08. The van der Waals surface area contributed by atoms with Gasteiger partial charge in [0, 0.05) is 38.2 Å². The van der Waals surface area contributed by atoms with E-state index in [4.69, 9.17) is 9.40 Å². The van der Waals surface area contributed by atoms with Gasteiger partial charge in [-0.25, -0.2) is 4.98 Å².